The molecule has 0 spiro atoms. The first-order chi connectivity index (χ1) is 15.1. The molecule has 1 atom stereocenters. The van der Waals surface area contributed by atoms with Crippen LogP contribution in [0.5, 0.6) is 5.75 Å². The third-order valence-electron chi connectivity index (χ3n) is 6.30. The summed E-state index contributed by atoms with van der Waals surface area (Å²) in [4.78, 5) is 30.0. The van der Waals surface area contributed by atoms with Crippen molar-refractivity contribution >= 4 is 11.8 Å². The van der Waals surface area contributed by atoms with E-state index in [0.29, 0.717) is 44.5 Å². The minimum Gasteiger partial charge on any atom is -0.497 e. The van der Waals surface area contributed by atoms with Crippen LogP contribution in [0.25, 0.3) is 11.1 Å². The number of nitriles is 1. The highest BCUT2D eigenvalue weighted by Crippen LogP contribution is 2.28. The van der Waals surface area contributed by atoms with Gasteiger partial charge in [0.1, 0.15) is 11.8 Å². The number of nitrogens with zero attached hydrogens (tertiary/aromatic N) is 3. The zero-order valence-electron chi connectivity index (χ0n) is 17.8. The van der Waals surface area contributed by atoms with Crippen LogP contribution in [0.4, 0.5) is 0 Å². The summed E-state index contributed by atoms with van der Waals surface area (Å²) in [5, 5.41) is 9.09. The van der Waals surface area contributed by atoms with E-state index < -0.39 is 6.04 Å². The van der Waals surface area contributed by atoms with E-state index in [-0.39, 0.29) is 17.7 Å². The lowest BCUT2D eigenvalue weighted by molar-refractivity contribution is -0.136. The van der Waals surface area contributed by atoms with Crippen molar-refractivity contribution in [2.24, 2.45) is 5.92 Å². The molecule has 0 radical (unpaired) electrons. The molecule has 0 bridgehead atoms. The Morgan fingerprint density at radius 1 is 1.00 bits per heavy atom. The first-order valence-corrected chi connectivity index (χ1v) is 10.8. The van der Waals surface area contributed by atoms with Crippen LogP contribution in [0.15, 0.2) is 48.5 Å². The Kier molecular flexibility index (Phi) is 6.22. The van der Waals surface area contributed by atoms with E-state index >= 15 is 0 Å². The Morgan fingerprint density at radius 3 is 2.42 bits per heavy atom. The van der Waals surface area contributed by atoms with Gasteiger partial charge >= 0.3 is 0 Å². The summed E-state index contributed by atoms with van der Waals surface area (Å²) in [7, 11) is 1.63. The lowest BCUT2D eigenvalue weighted by Crippen LogP contribution is -2.50. The van der Waals surface area contributed by atoms with Crippen molar-refractivity contribution in [2.75, 3.05) is 26.7 Å². The minimum atomic E-state index is -0.411. The van der Waals surface area contributed by atoms with Crippen LogP contribution in [0, 0.1) is 17.2 Å². The molecule has 2 amide bonds. The van der Waals surface area contributed by atoms with Gasteiger partial charge in [-0.3, -0.25) is 9.59 Å². The number of methoxy groups -OCH3 is 1. The van der Waals surface area contributed by atoms with Crippen molar-refractivity contribution in [1.82, 2.24) is 9.80 Å². The highest BCUT2D eigenvalue weighted by atomic mass is 16.5. The van der Waals surface area contributed by atoms with E-state index in [2.05, 4.69) is 6.07 Å². The second kappa shape index (κ2) is 9.22. The zero-order chi connectivity index (χ0) is 21.8. The van der Waals surface area contributed by atoms with Crippen LogP contribution >= 0.6 is 0 Å². The number of benzene rings is 2. The Morgan fingerprint density at radius 2 is 1.71 bits per heavy atom. The van der Waals surface area contributed by atoms with Crippen LogP contribution < -0.4 is 4.74 Å². The van der Waals surface area contributed by atoms with Crippen LogP contribution in [0.3, 0.4) is 0 Å². The molecule has 1 unspecified atom stereocenters. The fourth-order valence-electron chi connectivity index (χ4n) is 4.51. The summed E-state index contributed by atoms with van der Waals surface area (Å²) in [6.45, 7) is 1.79. The molecule has 0 aromatic heterocycles. The van der Waals surface area contributed by atoms with Gasteiger partial charge in [-0.15, -0.1) is 0 Å². The monoisotopic (exact) mass is 417 g/mol. The number of ether oxygens (including phenoxy) is 1. The lowest BCUT2D eigenvalue weighted by Gasteiger charge is -2.34. The third kappa shape index (κ3) is 4.41. The summed E-state index contributed by atoms with van der Waals surface area (Å²) in [5.41, 5.74) is 2.50. The second-order valence-electron chi connectivity index (χ2n) is 8.20. The maximum Gasteiger partial charge on any atom is 0.254 e. The van der Waals surface area contributed by atoms with Gasteiger partial charge in [0.2, 0.25) is 5.91 Å². The molecule has 2 aromatic carbocycles. The molecule has 2 aliphatic heterocycles. The molecule has 2 heterocycles. The summed E-state index contributed by atoms with van der Waals surface area (Å²) in [6, 6.07) is 17.2. The summed E-state index contributed by atoms with van der Waals surface area (Å²) in [6.07, 6.45) is 2.95. The number of likely N-dealkylation sites (tertiary alicyclic amines) is 2. The molecule has 0 aliphatic carbocycles. The molecule has 2 fully saturated rings. The SMILES string of the molecule is COc1cccc(-c2cccc(C(=O)N3CCCC3C(=O)N3CCC(C#N)CC3)c2)c1. The van der Waals surface area contributed by atoms with E-state index in [0.717, 1.165) is 23.3 Å². The summed E-state index contributed by atoms with van der Waals surface area (Å²) < 4.78 is 5.31. The minimum absolute atomic E-state index is 0.0196. The summed E-state index contributed by atoms with van der Waals surface area (Å²) >= 11 is 0. The van der Waals surface area contributed by atoms with E-state index in [1.807, 2.05) is 53.4 Å². The number of carbonyl (C=O) groups is 2. The summed E-state index contributed by atoms with van der Waals surface area (Å²) in [5.74, 6) is 0.711. The number of hydrogen-bond donors (Lipinski definition) is 0. The van der Waals surface area contributed by atoms with Gasteiger partial charge in [-0.2, -0.15) is 5.26 Å². The highest BCUT2D eigenvalue weighted by molar-refractivity contribution is 5.99. The van der Waals surface area contributed by atoms with Crippen LogP contribution in [0.1, 0.15) is 36.0 Å². The number of rotatable bonds is 4. The Hall–Kier alpha value is -3.33. The van der Waals surface area contributed by atoms with Crippen molar-refractivity contribution in [3.63, 3.8) is 0 Å². The standard InChI is InChI=1S/C25H27N3O3/c1-31-22-8-3-6-20(16-22)19-5-2-7-21(15-19)24(29)28-12-4-9-23(28)25(30)27-13-10-18(17-26)11-14-27/h2-3,5-8,15-16,18,23H,4,9-14H2,1H3. The normalized spacial score (nSPS) is 19.2. The number of piperidine rings is 1. The third-order valence-corrected chi connectivity index (χ3v) is 6.30. The molecule has 2 saturated heterocycles. The predicted octanol–water partition coefficient (Wildman–Crippen LogP) is 3.73. The van der Waals surface area contributed by atoms with E-state index in [1.54, 1.807) is 12.0 Å². The molecule has 160 valence electrons. The second-order valence-corrected chi connectivity index (χ2v) is 8.20. The molecule has 2 aliphatic rings. The predicted molar refractivity (Wildman–Crippen MR) is 117 cm³/mol. The Labute approximate surface area is 183 Å². The molecule has 2 aromatic rings. The Balaban J connectivity index is 1.51. The van der Waals surface area contributed by atoms with Gasteiger partial charge in [0.15, 0.2) is 0 Å². The van der Waals surface area contributed by atoms with Crippen LogP contribution in [-0.2, 0) is 4.79 Å². The molecular weight excluding hydrogens is 390 g/mol. The van der Waals surface area contributed by atoms with Gasteiger partial charge in [0, 0.05) is 31.1 Å². The largest absolute Gasteiger partial charge is 0.497 e. The molecular formula is C25H27N3O3. The van der Waals surface area contributed by atoms with E-state index in [1.165, 1.54) is 0 Å². The number of amides is 2. The maximum atomic E-state index is 13.3. The fraction of sp³-hybridized carbons (Fsp3) is 0.400. The van der Waals surface area contributed by atoms with E-state index in [4.69, 9.17) is 10.00 Å². The van der Waals surface area contributed by atoms with Crippen molar-refractivity contribution < 1.29 is 14.3 Å². The van der Waals surface area contributed by atoms with Gasteiger partial charge in [0.05, 0.1) is 13.2 Å². The van der Waals surface area contributed by atoms with Gasteiger partial charge in [-0.25, -0.2) is 0 Å². The molecule has 0 saturated carbocycles. The number of hydrogen-bond acceptors (Lipinski definition) is 4. The van der Waals surface area contributed by atoms with Gasteiger partial charge in [-0.1, -0.05) is 24.3 Å². The smallest absolute Gasteiger partial charge is 0.254 e. The topological polar surface area (TPSA) is 73.6 Å². The first-order valence-electron chi connectivity index (χ1n) is 10.8. The van der Waals surface area contributed by atoms with Gasteiger partial charge in [-0.05, 0) is 61.1 Å². The molecule has 0 N–H and O–H groups in total. The van der Waals surface area contributed by atoms with Crippen molar-refractivity contribution in [2.45, 2.75) is 31.7 Å². The fourth-order valence-corrected chi connectivity index (χ4v) is 4.51. The number of carbonyl (C=O) groups excluding carboxylic acids is 2. The Bertz CT molecular complexity index is 1010. The van der Waals surface area contributed by atoms with Crippen LogP contribution in [-0.4, -0.2) is 54.4 Å². The van der Waals surface area contributed by atoms with E-state index in [9.17, 15) is 9.59 Å². The van der Waals surface area contributed by atoms with Gasteiger partial charge < -0.3 is 14.5 Å². The van der Waals surface area contributed by atoms with Crippen molar-refractivity contribution in [3.8, 4) is 22.9 Å². The average molecular weight is 418 g/mol. The molecule has 6 nitrogen and oxygen atoms in total. The lowest BCUT2D eigenvalue weighted by atomic mass is 9.98. The van der Waals surface area contributed by atoms with Crippen molar-refractivity contribution in [3.05, 3.63) is 54.1 Å². The average Bonchev–Trinajstić information content (AvgIpc) is 3.33. The zero-order valence-corrected chi connectivity index (χ0v) is 17.8. The maximum absolute atomic E-state index is 13.3. The molecule has 6 heteroatoms. The highest BCUT2D eigenvalue weighted by Gasteiger charge is 2.37. The quantitative estimate of drug-likeness (QED) is 0.760. The first kappa shape index (κ1) is 20.9. The van der Waals surface area contributed by atoms with Crippen molar-refractivity contribution in [1.29, 1.82) is 5.26 Å². The van der Waals surface area contributed by atoms with Crippen LogP contribution in [0.2, 0.25) is 0 Å². The van der Waals surface area contributed by atoms with Gasteiger partial charge in [0.25, 0.3) is 5.91 Å². The molecule has 4 rings (SSSR count). The molecule has 31 heavy (non-hydrogen) atoms.